The number of carbonyl (C=O) groups is 1. The zero-order chi connectivity index (χ0) is 17.5. The number of ether oxygens (including phenoxy) is 1. The Labute approximate surface area is 141 Å². The summed E-state index contributed by atoms with van der Waals surface area (Å²) < 4.78 is 10.9. The fourth-order valence-corrected chi connectivity index (χ4v) is 2.53. The Morgan fingerprint density at radius 3 is 2.75 bits per heavy atom. The van der Waals surface area contributed by atoms with E-state index in [9.17, 15) is 4.79 Å². The van der Waals surface area contributed by atoms with Gasteiger partial charge >= 0.3 is 6.03 Å². The van der Waals surface area contributed by atoms with Gasteiger partial charge in [0.25, 0.3) is 0 Å². The van der Waals surface area contributed by atoms with Crippen molar-refractivity contribution in [3.05, 3.63) is 53.0 Å². The van der Waals surface area contributed by atoms with Crippen LogP contribution in [0.15, 0.2) is 34.7 Å². The van der Waals surface area contributed by atoms with Gasteiger partial charge in [-0.1, -0.05) is 18.2 Å². The van der Waals surface area contributed by atoms with E-state index in [4.69, 9.17) is 14.3 Å². The molecular formula is C18H24N2O4. The van der Waals surface area contributed by atoms with E-state index in [1.807, 2.05) is 51.1 Å². The van der Waals surface area contributed by atoms with Crippen molar-refractivity contribution in [2.75, 3.05) is 13.2 Å². The lowest BCUT2D eigenvalue weighted by Gasteiger charge is -2.15. The highest BCUT2D eigenvalue weighted by Crippen LogP contribution is 2.21. The summed E-state index contributed by atoms with van der Waals surface area (Å²) in [5.41, 5.74) is 1.82. The van der Waals surface area contributed by atoms with Crippen molar-refractivity contribution in [3.63, 3.8) is 0 Å². The summed E-state index contributed by atoms with van der Waals surface area (Å²) in [4.78, 5) is 12.1. The van der Waals surface area contributed by atoms with Crippen LogP contribution in [0.3, 0.4) is 0 Å². The number of aliphatic hydroxyl groups excluding tert-OH is 1. The predicted octanol–water partition coefficient (Wildman–Crippen LogP) is 2.83. The van der Waals surface area contributed by atoms with Crippen molar-refractivity contribution in [3.8, 4) is 5.75 Å². The first-order valence-corrected chi connectivity index (χ1v) is 7.94. The van der Waals surface area contributed by atoms with Crippen LogP contribution >= 0.6 is 0 Å². The van der Waals surface area contributed by atoms with E-state index < -0.39 is 0 Å². The number of nitrogens with one attached hydrogen (secondary N) is 2. The van der Waals surface area contributed by atoms with Crippen LogP contribution < -0.4 is 15.4 Å². The van der Waals surface area contributed by atoms with Gasteiger partial charge in [0, 0.05) is 17.7 Å². The molecule has 2 aromatic rings. The molecule has 1 atom stereocenters. The van der Waals surface area contributed by atoms with E-state index in [2.05, 4.69) is 10.6 Å². The molecule has 24 heavy (non-hydrogen) atoms. The van der Waals surface area contributed by atoms with Crippen LogP contribution in [0.2, 0.25) is 0 Å². The minimum Gasteiger partial charge on any atom is -0.491 e. The van der Waals surface area contributed by atoms with Crippen LogP contribution in [-0.2, 0) is 6.54 Å². The molecule has 0 saturated carbocycles. The third-order valence-electron chi connectivity index (χ3n) is 3.65. The maximum atomic E-state index is 12.1. The minimum absolute atomic E-state index is 0.0523. The minimum atomic E-state index is -0.266. The molecule has 0 saturated heterocycles. The molecule has 0 bridgehead atoms. The van der Waals surface area contributed by atoms with E-state index >= 15 is 0 Å². The average molecular weight is 332 g/mol. The van der Waals surface area contributed by atoms with Crippen LogP contribution in [0.25, 0.3) is 0 Å². The standard InChI is InChI=1S/C18H24N2O4/c1-12-10-16(14(3)24-12)13(2)20-18(22)19-11-15-6-4-5-7-17(15)23-9-8-21/h4-7,10,13,21H,8-9,11H2,1-3H3,(H2,19,20,22). The second-order valence-corrected chi connectivity index (χ2v) is 5.60. The number of aryl methyl sites for hydroxylation is 2. The van der Waals surface area contributed by atoms with Crippen LogP contribution in [0.5, 0.6) is 5.75 Å². The summed E-state index contributed by atoms with van der Waals surface area (Å²) in [5, 5.41) is 14.6. The van der Waals surface area contributed by atoms with E-state index in [0.717, 1.165) is 22.6 Å². The molecule has 0 aliphatic heterocycles. The molecule has 2 rings (SSSR count). The van der Waals surface area contributed by atoms with Gasteiger partial charge in [-0.2, -0.15) is 0 Å². The smallest absolute Gasteiger partial charge is 0.315 e. The quantitative estimate of drug-likeness (QED) is 0.728. The Morgan fingerprint density at radius 1 is 1.33 bits per heavy atom. The molecule has 6 heteroatoms. The third kappa shape index (κ3) is 4.76. The maximum absolute atomic E-state index is 12.1. The Morgan fingerprint density at radius 2 is 2.08 bits per heavy atom. The van der Waals surface area contributed by atoms with E-state index in [1.165, 1.54) is 0 Å². The highest BCUT2D eigenvalue weighted by molar-refractivity contribution is 5.74. The van der Waals surface area contributed by atoms with E-state index in [0.29, 0.717) is 12.3 Å². The third-order valence-corrected chi connectivity index (χ3v) is 3.65. The summed E-state index contributed by atoms with van der Waals surface area (Å²) in [5.74, 6) is 2.29. The molecule has 2 amide bonds. The fraction of sp³-hybridized carbons (Fsp3) is 0.389. The number of hydrogen-bond donors (Lipinski definition) is 3. The zero-order valence-electron chi connectivity index (χ0n) is 14.3. The number of carbonyl (C=O) groups excluding carboxylic acids is 1. The number of benzene rings is 1. The molecule has 6 nitrogen and oxygen atoms in total. The molecule has 130 valence electrons. The van der Waals surface area contributed by atoms with Gasteiger partial charge in [-0.3, -0.25) is 0 Å². The van der Waals surface area contributed by atoms with Crippen molar-refractivity contribution in [1.82, 2.24) is 10.6 Å². The summed E-state index contributed by atoms with van der Waals surface area (Å²) in [6.45, 7) is 6.18. The summed E-state index contributed by atoms with van der Waals surface area (Å²) in [6, 6.07) is 8.92. The van der Waals surface area contributed by atoms with Gasteiger partial charge in [0.2, 0.25) is 0 Å². The van der Waals surface area contributed by atoms with Gasteiger partial charge in [-0.25, -0.2) is 4.79 Å². The fourth-order valence-electron chi connectivity index (χ4n) is 2.53. The van der Waals surface area contributed by atoms with Crippen LogP contribution in [0.1, 0.15) is 35.6 Å². The number of para-hydroxylation sites is 1. The average Bonchev–Trinajstić information content (AvgIpc) is 2.90. The molecule has 1 heterocycles. The highest BCUT2D eigenvalue weighted by atomic mass is 16.5. The Balaban J connectivity index is 1.90. The molecule has 0 aliphatic carbocycles. The van der Waals surface area contributed by atoms with Crippen molar-refractivity contribution in [2.45, 2.75) is 33.4 Å². The molecule has 3 N–H and O–H groups in total. The van der Waals surface area contributed by atoms with E-state index in [-0.39, 0.29) is 25.3 Å². The Hall–Kier alpha value is -2.47. The number of urea groups is 1. The largest absolute Gasteiger partial charge is 0.491 e. The second-order valence-electron chi connectivity index (χ2n) is 5.60. The van der Waals surface area contributed by atoms with Crippen molar-refractivity contribution in [2.24, 2.45) is 0 Å². The lowest BCUT2D eigenvalue weighted by molar-refractivity contribution is 0.200. The summed E-state index contributed by atoms with van der Waals surface area (Å²) in [7, 11) is 0. The SMILES string of the molecule is Cc1cc(C(C)NC(=O)NCc2ccccc2OCCO)c(C)o1. The van der Waals surface area contributed by atoms with Gasteiger partial charge in [0.1, 0.15) is 23.9 Å². The van der Waals surface area contributed by atoms with Crippen molar-refractivity contribution >= 4 is 6.03 Å². The molecule has 0 aliphatic rings. The lowest BCUT2D eigenvalue weighted by Crippen LogP contribution is -2.36. The van der Waals surface area contributed by atoms with Gasteiger partial charge in [-0.15, -0.1) is 0 Å². The first-order chi connectivity index (χ1) is 11.5. The second kappa shape index (κ2) is 8.40. The predicted molar refractivity (Wildman–Crippen MR) is 91.0 cm³/mol. The monoisotopic (exact) mass is 332 g/mol. The molecule has 1 aromatic heterocycles. The van der Waals surface area contributed by atoms with Gasteiger partial charge in [-0.05, 0) is 32.9 Å². The molecule has 1 unspecified atom stereocenters. The van der Waals surface area contributed by atoms with Gasteiger partial charge < -0.3 is 24.9 Å². The van der Waals surface area contributed by atoms with Crippen molar-refractivity contribution in [1.29, 1.82) is 0 Å². The summed E-state index contributed by atoms with van der Waals surface area (Å²) in [6.07, 6.45) is 0. The number of furan rings is 1. The molecule has 0 spiro atoms. The maximum Gasteiger partial charge on any atom is 0.315 e. The number of amides is 2. The highest BCUT2D eigenvalue weighted by Gasteiger charge is 2.15. The van der Waals surface area contributed by atoms with Crippen LogP contribution in [-0.4, -0.2) is 24.4 Å². The van der Waals surface area contributed by atoms with Crippen LogP contribution in [0, 0.1) is 13.8 Å². The normalized spacial score (nSPS) is 11.8. The number of aliphatic hydroxyl groups is 1. The van der Waals surface area contributed by atoms with Gasteiger partial charge in [0.15, 0.2) is 0 Å². The molecule has 1 aromatic carbocycles. The van der Waals surface area contributed by atoms with Crippen LogP contribution in [0.4, 0.5) is 4.79 Å². The molecule has 0 radical (unpaired) electrons. The first-order valence-electron chi connectivity index (χ1n) is 7.94. The molecule has 0 fully saturated rings. The number of rotatable bonds is 7. The zero-order valence-corrected chi connectivity index (χ0v) is 14.3. The van der Waals surface area contributed by atoms with Crippen molar-refractivity contribution < 1.29 is 19.1 Å². The lowest BCUT2D eigenvalue weighted by atomic mass is 10.1. The Kier molecular flexibility index (Phi) is 6.26. The number of hydrogen-bond acceptors (Lipinski definition) is 4. The van der Waals surface area contributed by atoms with Gasteiger partial charge in [0.05, 0.1) is 12.6 Å². The van der Waals surface area contributed by atoms with E-state index in [1.54, 1.807) is 0 Å². The first kappa shape index (κ1) is 17.9. The molecular weight excluding hydrogens is 308 g/mol. The summed E-state index contributed by atoms with van der Waals surface area (Å²) >= 11 is 0. The topological polar surface area (TPSA) is 83.7 Å². The Bertz CT molecular complexity index is 681.